The Balaban J connectivity index is 1.99. The zero-order valence-corrected chi connectivity index (χ0v) is 11.4. The normalized spacial score (nSPS) is 38.3. The summed E-state index contributed by atoms with van der Waals surface area (Å²) in [6, 6.07) is 6.13. The van der Waals surface area contributed by atoms with E-state index in [1.807, 2.05) is 0 Å². The third-order valence-electron chi connectivity index (χ3n) is 4.09. The molecule has 7 nitrogen and oxygen atoms in total. The standard InChI is InChI=1S/C14H16O7/c1-19-13(6-8-2-4-9(15)5-3-8)12(17)21-11-10(16)7-20-14(11,13)18/h2-5,10-11,15-16,18H,6-7H2,1H3/t10-,11?,13+,14-/m0/s1. The van der Waals surface area contributed by atoms with Crippen LogP contribution in [0.2, 0.25) is 0 Å². The van der Waals surface area contributed by atoms with Crippen LogP contribution in [0, 0.1) is 0 Å². The van der Waals surface area contributed by atoms with Crippen LogP contribution in [0.4, 0.5) is 0 Å². The minimum atomic E-state index is -2.05. The number of fused-ring (bicyclic) bond motifs is 1. The topological polar surface area (TPSA) is 105 Å². The van der Waals surface area contributed by atoms with Crippen LogP contribution in [0.15, 0.2) is 24.3 Å². The number of carbonyl (C=O) groups excluding carboxylic acids is 1. The van der Waals surface area contributed by atoms with Crippen molar-refractivity contribution >= 4 is 5.97 Å². The lowest BCUT2D eigenvalue weighted by molar-refractivity contribution is -0.269. The van der Waals surface area contributed by atoms with Gasteiger partial charge in [0, 0.05) is 13.5 Å². The molecule has 3 rings (SSSR count). The molecule has 0 amide bonds. The van der Waals surface area contributed by atoms with Crippen LogP contribution in [0.3, 0.4) is 0 Å². The number of carbonyl (C=O) groups is 1. The smallest absolute Gasteiger partial charge is 0.345 e. The van der Waals surface area contributed by atoms with Gasteiger partial charge in [0.25, 0.3) is 0 Å². The maximum atomic E-state index is 12.2. The van der Waals surface area contributed by atoms with E-state index in [2.05, 4.69) is 0 Å². The first-order chi connectivity index (χ1) is 9.93. The summed E-state index contributed by atoms with van der Waals surface area (Å²) in [4.78, 5) is 12.2. The van der Waals surface area contributed by atoms with E-state index in [0.29, 0.717) is 5.56 Å². The van der Waals surface area contributed by atoms with E-state index in [-0.39, 0.29) is 18.8 Å². The van der Waals surface area contributed by atoms with Crippen molar-refractivity contribution in [1.29, 1.82) is 0 Å². The van der Waals surface area contributed by atoms with Crippen LogP contribution in [0.5, 0.6) is 5.75 Å². The monoisotopic (exact) mass is 296 g/mol. The summed E-state index contributed by atoms with van der Waals surface area (Å²) in [5.74, 6) is -2.75. The number of aliphatic hydroxyl groups excluding tert-OH is 1. The second kappa shape index (κ2) is 4.67. The first kappa shape index (κ1) is 14.3. The highest BCUT2D eigenvalue weighted by Crippen LogP contribution is 2.46. The zero-order chi connectivity index (χ0) is 15.3. The van der Waals surface area contributed by atoms with Gasteiger partial charge in [-0.2, -0.15) is 0 Å². The molecule has 2 aliphatic heterocycles. The number of hydrogen-bond acceptors (Lipinski definition) is 7. The molecule has 0 radical (unpaired) electrons. The molecule has 114 valence electrons. The van der Waals surface area contributed by atoms with Crippen LogP contribution in [0.25, 0.3) is 0 Å². The number of phenolic OH excluding ortho intramolecular Hbond substituents is 1. The molecule has 0 spiro atoms. The number of ether oxygens (including phenoxy) is 3. The van der Waals surface area contributed by atoms with Gasteiger partial charge in [-0.1, -0.05) is 12.1 Å². The maximum absolute atomic E-state index is 12.2. The summed E-state index contributed by atoms with van der Waals surface area (Å²) >= 11 is 0. The highest BCUT2D eigenvalue weighted by atomic mass is 16.7. The van der Waals surface area contributed by atoms with Gasteiger partial charge >= 0.3 is 5.97 Å². The number of hydrogen-bond donors (Lipinski definition) is 3. The van der Waals surface area contributed by atoms with Gasteiger partial charge in [-0.3, -0.25) is 0 Å². The first-order valence-corrected chi connectivity index (χ1v) is 6.51. The van der Waals surface area contributed by atoms with Crippen molar-refractivity contribution in [3.05, 3.63) is 29.8 Å². The molecule has 7 heteroatoms. The van der Waals surface area contributed by atoms with Gasteiger partial charge in [0.1, 0.15) is 11.9 Å². The fourth-order valence-corrected chi connectivity index (χ4v) is 2.91. The molecule has 1 unspecified atom stereocenters. The van der Waals surface area contributed by atoms with E-state index in [1.54, 1.807) is 12.1 Å². The molecule has 2 fully saturated rings. The lowest BCUT2D eigenvalue weighted by atomic mass is 9.85. The quantitative estimate of drug-likeness (QED) is 0.635. The first-order valence-electron chi connectivity index (χ1n) is 6.51. The van der Waals surface area contributed by atoms with Crippen LogP contribution in [0.1, 0.15) is 5.56 Å². The SMILES string of the molecule is CO[C@]1(Cc2ccc(O)cc2)C(=O)OC2[C@@H](O)CO[C@@]21O. The van der Waals surface area contributed by atoms with Crippen molar-refractivity contribution in [2.75, 3.05) is 13.7 Å². The minimum Gasteiger partial charge on any atom is -0.508 e. The average molecular weight is 296 g/mol. The molecule has 0 saturated carbocycles. The summed E-state index contributed by atoms with van der Waals surface area (Å²) in [7, 11) is 1.27. The summed E-state index contributed by atoms with van der Waals surface area (Å²) in [5, 5.41) is 29.8. The third-order valence-corrected chi connectivity index (χ3v) is 4.09. The molecule has 1 aromatic rings. The zero-order valence-electron chi connectivity index (χ0n) is 11.4. The molecular weight excluding hydrogens is 280 g/mol. The predicted octanol–water partition coefficient (Wildman–Crippen LogP) is -0.675. The molecule has 4 atom stereocenters. The Hall–Kier alpha value is -1.67. The minimum absolute atomic E-state index is 0.0116. The molecule has 0 aliphatic carbocycles. The third kappa shape index (κ3) is 1.86. The molecule has 2 heterocycles. The Kier molecular flexibility index (Phi) is 3.18. The second-order valence-electron chi connectivity index (χ2n) is 5.28. The summed E-state index contributed by atoms with van der Waals surface area (Å²) in [6.45, 7) is -0.144. The highest BCUT2D eigenvalue weighted by molar-refractivity contribution is 5.85. The Morgan fingerprint density at radius 3 is 2.67 bits per heavy atom. The molecular formula is C14H16O7. The Morgan fingerprint density at radius 1 is 1.38 bits per heavy atom. The fraction of sp³-hybridized carbons (Fsp3) is 0.500. The number of benzene rings is 1. The number of phenols is 1. The van der Waals surface area contributed by atoms with Crippen molar-refractivity contribution in [2.24, 2.45) is 0 Å². The van der Waals surface area contributed by atoms with Crippen molar-refractivity contribution in [1.82, 2.24) is 0 Å². The van der Waals surface area contributed by atoms with Crippen LogP contribution >= 0.6 is 0 Å². The van der Waals surface area contributed by atoms with Crippen LogP contribution in [-0.4, -0.2) is 58.6 Å². The van der Waals surface area contributed by atoms with E-state index in [1.165, 1.54) is 19.2 Å². The summed E-state index contributed by atoms with van der Waals surface area (Å²) in [5.41, 5.74) is -1.11. The van der Waals surface area contributed by atoms with Crippen LogP contribution in [-0.2, 0) is 25.4 Å². The van der Waals surface area contributed by atoms with E-state index >= 15 is 0 Å². The van der Waals surface area contributed by atoms with Crippen molar-refractivity contribution in [3.8, 4) is 5.75 Å². The van der Waals surface area contributed by atoms with Gasteiger partial charge in [0.05, 0.1) is 6.61 Å². The number of esters is 1. The maximum Gasteiger partial charge on any atom is 0.345 e. The number of rotatable bonds is 3. The lowest BCUT2D eigenvalue weighted by Gasteiger charge is -2.35. The number of methoxy groups -OCH3 is 1. The van der Waals surface area contributed by atoms with E-state index in [9.17, 15) is 20.1 Å². The molecule has 0 aromatic heterocycles. The molecule has 1 aromatic carbocycles. The molecule has 2 saturated heterocycles. The molecule has 2 aliphatic rings. The van der Waals surface area contributed by atoms with Gasteiger partial charge in [0.2, 0.25) is 11.4 Å². The van der Waals surface area contributed by atoms with Gasteiger partial charge in [-0.25, -0.2) is 4.79 Å². The van der Waals surface area contributed by atoms with E-state index in [0.717, 1.165) is 0 Å². The number of aliphatic hydroxyl groups is 2. The lowest BCUT2D eigenvalue weighted by Crippen LogP contribution is -2.60. The molecule has 3 N–H and O–H groups in total. The summed E-state index contributed by atoms with van der Waals surface area (Å²) in [6.07, 6.45) is -2.29. The Morgan fingerprint density at radius 2 is 2.05 bits per heavy atom. The van der Waals surface area contributed by atoms with E-state index in [4.69, 9.17) is 14.2 Å². The van der Waals surface area contributed by atoms with Crippen molar-refractivity contribution in [3.63, 3.8) is 0 Å². The van der Waals surface area contributed by atoms with Gasteiger partial charge in [-0.05, 0) is 17.7 Å². The van der Waals surface area contributed by atoms with Gasteiger partial charge in [0.15, 0.2) is 6.10 Å². The molecule has 0 bridgehead atoms. The number of aromatic hydroxyl groups is 1. The predicted molar refractivity (Wildman–Crippen MR) is 68.3 cm³/mol. The highest BCUT2D eigenvalue weighted by Gasteiger charge is 2.74. The van der Waals surface area contributed by atoms with Gasteiger partial charge in [-0.15, -0.1) is 0 Å². The van der Waals surface area contributed by atoms with Gasteiger partial charge < -0.3 is 29.5 Å². The fourth-order valence-electron chi connectivity index (χ4n) is 2.91. The largest absolute Gasteiger partial charge is 0.508 e. The van der Waals surface area contributed by atoms with Crippen LogP contribution < -0.4 is 0 Å². The average Bonchev–Trinajstić information content (AvgIpc) is 2.87. The Bertz CT molecular complexity index is 557. The Labute approximate surface area is 120 Å². The molecule has 21 heavy (non-hydrogen) atoms. The van der Waals surface area contributed by atoms with E-state index < -0.39 is 29.6 Å². The second-order valence-corrected chi connectivity index (χ2v) is 5.28. The summed E-state index contributed by atoms with van der Waals surface area (Å²) < 4.78 is 15.6. The van der Waals surface area contributed by atoms with Crippen molar-refractivity contribution < 1.29 is 34.3 Å². The van der Waals surface area contributed by atoms with Crippen molar-refractivity contribution in [2.45, 2.75) is 30.0 Å².